The highest BCUT2D eigenvalue weighted by molar-refractivity contribution is 7.98. The van der Waals surface area contributed by atoms with E-state index < -0.39 is 6.04 Å². The lowest BCUT2D eigenvalue weighted by molar-refractivity contribution is -0.118. The highest BCUT2D eigenvalue weighted by Crippen LogP contribution is 2.15. The Balaban J connectivity index is 2.04. The molecule has 0 aliphatic carbocycles. The van der Waals surface area contributed by atoms with E-state index in [1.54, 1.807) is 43.0 Å². The van der Waals surface area contributed by atoms with Crippen molar-refractivity contribution in [2.75, 3.05) is 17.3 Å². The molecule has 6 nitrogen and oxygen atoms in total. The van der Waals surface area contributed by atoms with E-state index >= 15 is 0 Å². The Morgan fingerprint density at radius 2 is 2.00 bits per heavy atom. The van der Waals surface area contributed by atoms with Gasteiger partial charge in [0.05, 0.1) is 0 Å². The Morgan fingerprint density at radius 1 is 1.29 bits per heavy atom. The summed E-state index contributed by atoms with van der Waals surface area (Å²) < 4.78 is 0. The normalized spacial score (nSPS) is 11.8. The first kappa shape index (κ1) is 18.7. The number of thioether (sulfide) groups is 1. The second kappa shape index (κ2) is 9.00. The Labute approximate surface area is 153 Å². The predicted molar refractivity (Wildman–Crippen MR) is 99.0 cm³/mol. The third-order valence-corrected chi connectivity index (χ3v) is 4.75. The highest BCUT2D eigenvalue weighted by Gasteiger charge is 2.22. The van der Waals surface area contributed by atoms with Crippen molar-refractivity contribution in [3.05, 3.63) is 39.9 Å². The molecular formula is C15H17ClN4O2S2. The van der Waals surface area contributed by atoms with Gasteiger partial charge in [-0.3, -0.25) is 14.9 Å². The van der Waals surface area contributed by atoms with Crippen molar-refractivity contribution >= 4 is 51.6 Å². The molecule has 0 saturated carbocycles. The molecular weight excluding hydrogens is 368 g/mol. The quantitative estimate of drug-likeness (QED) is 0.766. The standard InChI is InChI=1S/C15H17ClN4O2S2/c1-9-19-20-15(24-9)18-14(22)12(7-8-23-2)17-13(21)10-3-5-11(16)6-4-10/h3-6,12H,7-8H2,1-2H3,(H,17,21)(H,18,20,22)/t12-/m1/s1. The van der Waals surface area contributed by atoms with Crippen molar-refractivity contribution in [3.8, 4) is 0 Å². The maximum absolute atomic E-state index is 12.4. The maximum atomic E-state index is 12.4. The van der Waals surface area contributed by atoms with Gasteiger partial charge in [0.25, 0.3) is 5.91 Å². The average molecular weight is 385 g/mol. The SMILES string of the molecule is CSCC[C@@H](NC(=O)c1ccc(Cl)cc1)C(=O)Nc1nnc(C)s1. The first-order valence-corrected chi connectivity index (χ1v) is 9.74. The van der Waals surface area contributed by atoms with Gasteiger partial charge < -0.3 is 5.32 Å². The van der Waals surface area contributed by atoms with Gasteiger partial charge in [0, 0.05) is 10.6 Å². The summed E-state index contributed by atoms with van der Waals surface area (Å²) in [5, 5.41) is 14.9. The van der Waals surface area contributed by atoms with Crippen LogP contribution < -0.4 is 10.6 Å². The van der Waals surface area contributed by atoms with Gasteiger partial charge in [0.15, 0.2) is 0 Å². The van der Waals surface area contributed by atoms with Gasteiger partial charge in [-0.25, -0.2) is 0 Å². The summed E-state index contributed by atoms with van der Waals surface area (Å²) in [5.74, 6) is 0.123. The number of aromatic nitrogens is 2. The molecule has 1 aromatic carbocycles. The van der Waals surface area contributed by atoms with Gasteiger partial charge in [0.2, 0.25) is 11.0 Å². The Morgan fingerprint density at radius 3 is 2.58 bits per heavy atom. The zero-order chi connectivity index (χ0) is 17.5. The van der Waals surface area contributed by atoms with Gasteiger partial charge >= 0.3 is 0 Å². The maximum Gasteiger partial charge on any atom is 0.251 e. The van der Waals surface area contributed by atoms with E-state index in [9.17, 15) is 9.59 Å². The molecule has 1 heterocycles. The third kappa shape index (κ3) is 5.47. The van der Waals surface area contributed by atoms with Crippen LogP contribution in [0.25, 0.3) is 0 Å². The summed E-state index contributed by atoms with van der Waals surface area (Å²) in [5.41, 5.74) is 0.452. The lowest BCUT2D eigenvalue weighted by atomic mass is 10.1. The average Bonchev–Trinajstić information content (AvgIpc) is 2.96. The van der Waals surface area contributed by atoms with Gasteiger partial charge in [0.1, 0.15) is 11.0 Å². The van der Waals surface area contributed by atoms with Crippen LogP contribution in [0.5, 0.6) is 0 Å². The molecule has 0 radical (unpaired) electrons. The predicted octanol–water partition coefficient (Wildman–Crippen LogP) is 2.99. The monoisotopic (exact) mass is 384 g/mol. The summed E-state index contributed by atoms with van der Waals surface area (Å²) >= 11 is 8.72. The molecule has 1 aromatic heterocycles. The molecule has 0 aliphatic heterocycles. The summed E-state index contributed by atoms with van der Waals surface area (Å²) in [6, 6.07) is 5.87. The third-order valence-electron chi connectivity index (χ3n) is 3.10. The fourth-order valence-corrected chi connectivity index (χ4v) is 3.08. The largest absolute Gasteiger partial charge is 0.340 e. The minimum atomic E-state index is -0.648. The molecule has 0 fully saturated rings. The number of carbonyl (C=O) groups excluding carboxylic acids is 2. The minimum Gasteiger partial charge on any atom is -0.340 e. The van der Waals surface area contributed by atoms with E-state index in [2.05, 4.69) is 20.8 Å². The lowest BCUT2D eigenvalue weighted by Crippen LogP contribution is -2.44. The number of benzene rings is 1. The van der Waals surface area contributed by atoms with Crippen molar-refractivity contribution in [1.82, 2.24) is 15.5 Å². The number of nitrogens with one attached hydrogen (secondary N) is 2. The van der Waals surface area contributed by atoms with Crippen LogP contribution in [0.15, 0.2) is 24.3 Å². The van der Waals surface area contributed by atoms with E-state index in [4.69, 9.17) is 11.6 Å². The van der Waals surface area contributed by atoms with E-state index in [-0.39, 0.29) is 11.8 Å². The van der Waals surface area contributed by atoms with Crippen LogP contribution in [0.2, 0.25) is 5.02 Å². The molecule has 0 spiro atoms. The second-order valence-corrected chi connectivity index (χ2v) is 7.53. The second-order valence-electron chi connectivity index (χ2n) is 4.93. The first-order chi connectivity index (χ1) is 11.5. The number of amides is 2. The number of hydrogen-bond acceptors (Lipinski definition) is 6. The number of nitrogens with zero attached hydrogens (tertiary/aromatic N) is 2. The number of anilines is 1. The number of hydrogen-bond donors (Lipinski definition) is 2. The Bertz CT molecular complexity index is 706. The summed E-state index contributed by atoms with van der Waals surface area (Å²) in [6.07, 6.45) is 2.47. The number of carbonyl (C=O) groups is 2. The molecule has 0 aliphatic rings. The minimum absolute atomic E-state index is 0.303. The summed E-state index contributed by atoms with van der Waals surface area (Å²) in [7, 11) is 0. The zero-order valence-electron chi connectivity index (χ0n) is 13.2. The number of aryl methyl sites for hydroxylation is 1. The van der Waals surface area contributed by atoms with Crippen molar-refractivity contribution in [3.63, 3.8) is 0 Å². The van der Waals surface area contributed by atoms with Crippen LogP contribution in [0.1, 0.15) is 21.8 Å². The highest BCUT2D eigenvalue weighted by atomic mass is 35.5. The van der Waals surface area contributed by atoms with Crippen LogP contribution in [0.4, 0.5) is 5.13 Å². The Kier molecular flexibility index (Phi) is 7.01. The Hall–Kier alpha value is -1.64. The molecule has 1 atom stereocenters. The van der Waals surface area contributed by atoms with Crippen LogP contribution in [0.3, 0.4) is 0 Å². The summed E-state index contributed by atoms with van der Waals surface area (Å²) in [4.78, 5) is 24.8. The van der Waals surface area contributed by atoms with Gasteiger partial charge in [-0.15, -0.1) is 10.2 Å². The van der Waals surface area contributed by atoms with E-state index in [1.165, 1.54) is 11.3 Å². The van der Waals surface area contributed by atoms with E-state index in [1.807, 2.05) is 6.26 Å². The molecule has 0 unspecified atom stereocenters. The molecule has 128 valence electrons. The van der Waals surface area contributed by atoms with Gasteiger partial charge in [-0.1, -0.05) is 22.9 Å². The first-order valence-electron chi connectivity index (χ1n) is 7.16. The molecule has 9 heteroatoms. The smallest absolute Gasteiger partial charge is 0.251 e. The number of halogens is 1. The van der Waals surface area contributed by atoms with Crippen LogP contribution >= 0.6 is 34.7 Å². The van der Waals surface area contributed by atoms with E-state index in [0.29, 0.717) is 22.1 Å². The zero-order valence-corrected chi connectivity index (χ0v) is 15.6. The molecule has 2 aromatic rings. The fraction of sp³-hybridized carbons (Fsp3) is 0.333. The van der Waals surface area contributed by atoms with Crippen molar-refractivity contribution in [1.29, 1.82) is 0 Å². The van der Waals surface area contributed by atoms with E-state index in [0.717, 1.165) is 10.8 Å². The topological polar surface area (TPSA) is 84.0 Å². The van der Waals surface area contributed by atoms with Gasteiger partial charge in [-0.2, -0.15) is 11.8 Å². The molecule has 2 amide bonds. The fourth-order valence-electron chi connectivity index (χ4n) is 1.89. The van der Waals surface area contributed by atoms with Crippen molar-refractivity contribution in [2.24, 2.45) is 0 Å². The molecule has 2 N–H and O–H groups in total. The van der Waals surface area contributed by atoms with Crippen LogP contribution in [0, 0.1) is 6.92 Å². The lowest BCUT2D eigenvalue weighted by Gasteiger charge is -2.17. The molecule has 0 bridgehead atoms. The van der Waals surface area contributed by atoms with Crippen molar-refractivity contribution < 1.29 is 9.59 Å². The number of rotatable bonds is 7. The van der Waals surface area contributed by atoms with Crippen LogP contribution in [-0.2, 0) is 4.79 Å². The molecule has 24 heavy (non-hydrogen) atoms. The van der Waals surface area contributed by atoms with Crippen molar-refractivity contribution in [2.45, 2.75) is 19.4 Å². The van der Waals surface area contributed by atoms with Crippen LogP contribution in [-0.4, -0.2) is 40.1 Å². The summed E-state index contributed by atoms with van der Waals surface area (Å²) in [6.45, 7) is 1.81. The molecule has 2 rings (SSSR count). The molecule has 0 saturated heterocycles. The van der Waals surface area contributed by atoms with Gasteiger partial charge in [-0.05, 0) is 49.6 Å².